The molecule has 6 nitrogen and oxygen atoms in total. The summed E-state index contributed by atoms with van der Waals surface area (Å²) in [4.78, 5) is 5.02. The van der Waals surface area contributed by atoms with E-state index >= 15 is 0 Å². The Bertz CT molecular complexity index is 191. The Hall–Kier alpha value is -0.210. The maximum absolute atomic E-state index is 9.33. The SMILES string of the molecule is CCON(C)CC.COS(=O)(=O)O. The normalized spacial score (nSPS) is 10.9. The van der Waals surface area contributed by atoms with Crippen molar-refractivity contribution in [3.05, 3.63) is 0 Å². The minimum atomic E-state index is -4.16. The van der Waals surface area contributed by atoms with Gasteiger partial charge >= 0.3 is 10.4 Å². The fourth-order valence-corrected chi connectivity index (χ4v) is 0.312. The molecule has 0 saturated carbocycles. The summed E-state index contributed by atoms with van der Waals surface area (Å²) in [6.07, 6.45) is 0. The molecule has 0 rings (SSSR count). The predicted molar refractivity (Wildman–Crippen MR) is 48.5 cm³/mol. The van der Waals surface area contributed by atoms with Gasteiger partial charge in [0.2, 0.25) is 0 Å². The lowest BCUT2D eigenvalue weighted by Gasteiger charge is -2.10. The van der Waals surface area contributed by atoms with E-state index < -0.39 is 10.4 Å². The number of nitrogens with zero attached hydrogens (tertiary/aromatic N) is 1. The minimum absolute atomic E-state index is 0.768. The summed E-state index contributed by atoms with van der Waals surface area (Å²) in [5, 5.41) is 1.81. The second kappa shape index (κ2) is 8.39. The van der Waals surface area contributed by atoms with E-state index in [0.29, 0.717) is 0 Å². The average Bonchev–Trinajstić information content (AvgIpc) is 2.05. The first-order chi connectivity index (χ1) is 5.87. The molecule has 1 N–H and O–H groups in total. The largest absolute Gasteiger partial charge is 0.397 e. The Morgan fingerprint density at radius 2 is 1.77 bits per heavy atom. The van der Waals surface area contributed by atoms with Crippen molar-refractivity contribution in [3.8, 4) is 0 Å². The van der Waals surface area contributed by atoms with Gasteiger partial charge in [-0.05, 0) is 6.92 Å². The highest BCUT2D eigenvalue weighted by Crippen LogP contribution is 1.79. The fraction of sp³-hybridized carbons (Fsp3) is 1.00. The van der Waals surface area contributed by atoms with Crippen LogP contribution in [0.2, 0.25) is 0 Å². The molecule has 0 radical (unpaired) electrons. The summed E-state index contributed by atoms with van der Waals surface area (Å²) in [6.45, 7) is 5.75. The van der Waals surface area contributed by atoms with Gasteiger partial charge in [0.05, 0.1) is 13.7 Å². The predicted octanol–water partition coefficient (Wildman–Crippen LogP) is 0.325. The van der Waals surface area contributed by atoms with Crippen LogP contribution in [0.3, 0.4) is 0 Å². The molecule has 13 heavy (non-hydrogen) atoms. The van der Waals surface area contributed by atoms with Crippen LogP contribution < -0.4 is 0 Å². The average molecular weight is 215 g/mol. The zero-order valence-corrected chi connectivity index (χ0v) is 9.17. The Morgan fingerprint density at radius 3 is 1.85 bits per heavy atom. The molecule has 0 saturated heterocycles. The van der Waals surface area contributed by atoms with Crippen molar-refractivity contribution in [1.29, 1.82) is 0 Å². The van der Waals surface area contributed by atoms with Gasteiger partial charge in [-0.3, -0.25) is 13.6 Å². The monoisotopic (exact) mass is 215 g/mol. The summed E-state index contributed by atoms with van der Waals surface area (Å²) in [5.74, 6) is 0. The third-order valence-corrected chi connectivity index (χ3v) is 1.43. The topological polar surface area (TPSA) is 76.1 Å². The highest BCUT2D eigenvalue weighted by Gasteiger charge is 1.94. The summed E-state index contributed by atoms with van der Waals surface area (Å²) < 4.78 is 29.7. The van der Waals surface area contributed by atoms with E-state index in [0.717, 1.165) is 20.3 Å². The second-order valence-electron chi connectivity index (χ2n) is 1.96. The van der Waals surface area contributed by atoms with Crippen LogP contribution in [0, 0.1) is 0 Å². The van der Waals surface area contributed by atoms with E-state index in [-0.39, 0.29) is 0 Å². The van der Waals surface area contributed by atoms with Gasteiger partial charge in [0.25, 0.3) is 0 Å². The van der Waals surface area contributed by atoms with Gasteiger partial charge in [-0.15, -0.1) is 0 Å². The van der Waals surface area contributed by atoms with Crippen LogP contribution in [0.5, 0.6) is 0 Å². The van der Waals surface area contributed by atoms with Crippen molar-refractivity contribution >= 4 is 10.4 Å². The number of hydrogen-bond donors (Lipinski definition) is 1. The van der Waals surface area contributed by atoms with Crippen molar-refractivity contribution in [1.82, 2.24) is 5.06 Å². The summed E-state index contributed by atoms with van der Waals surface area (Å²) in [5.41, 5.74) is 0. The standard InChI is InChI=1S/C5H13NO.CH4O4S/c1-4-6(3)7-5-2;1-5-6(2,3)4/h4-5H2,1-3H3;1H3,(H,2,3,4). The summed E-state index contributed by atoms with van der Waals surface area (Å²) in [7, 11) is -1.37. The maximum Gasteiger partial charge on any atom is 0.397 e. The first-order valence-corrected chi connectivity index (χ1v) is 5.10. The summed E-state index contributed by atoms with van der Waals surface area (Å²) >= 11 is 0. The molecule has 0 amide bonds. The van der Waals surface area contributed by atoms with E-state index in [1.54, 1.807) is 5.06 Å². The van der Waals surface area contributed by atoms with Crippen LogP contribution in [0.25, 0.3) is 0 Å². The molecule has 82 valence electrons. The van der Waals surface area contributed by atoms with Gasteiger partial charge < -0.3 is 0 Å². The first-order valence-electron chi connectivity index (χ1n) is 3.74. The Kier molecular flexibility index (Phi) is 9.86. The Morgan fingerprint density at radius 1 is 1.38 bits per heavy atom. The molecule has 0 aromatic heterocycles. The highest BCUT2D eigenvalue weighted by atomic mass is 32.3. The Labute approximate surface area is 79.3 Å². The van der Waals surface area contributed by atoms with Gasteiger partial charge in [0.1, 0.15) is 0 Å². The number of hydrogen-bond acceptors (Lipinski definition) is 5. The molecular weight excluding hydrogens is 198 g/mol. The van der Waals surface area contributed by atoms with Crippen LogP contribution in [0.15, 0.2) is 0 Å². The quantitative estimate of drug-likeness (QED) is 0.538. The van der Waals surface area contributed by atoms with Crippen molar-refractivity contribution in [2.45, 2.75) is 13.8 Å². The fourth-order valence-electron chi connectivity index (χ4n) is 0.312. The van der Waals surface area contributed by atoms with Crippen molar-refractivity contribution in [3.63, 3.8) is 0 Å². The summed E-state index contributed by atoms with van der Waals surface area (Å²) in [6, 6.07) is 0. The molecule has 0 unspecified atom stereocenters. The molecular formula is C6H17NO5S. The van der Waals surface area contributed by atoms with Crippen LogP contribution in [-0.2, 0) is 19.4 Å². The Balaban J connectivity index is 0. The van der Waals surface area contributed by atoms with Crippen molar-refractivity contribution in [2.75, 3.05) is 27.3 Å². The van der Waals surface area contributed by atoms with E-state index in [9.17, 15) is 8.42 Å². The molecule has 0 spiro atoms. The third kappa shape index (κ3) is 18.6. The minimum Gasteiger partial charge on any atom is -0.300 e. The van der Waals surface area contributed by atoms with Gasteiger partial charge in [0.15, 0.2) is 0 Å². The first kappa shape index (κ1) is 15.3. The van der Waals surface area contributed by atoms with Crippen LogP contribution in [0.1, 0.15) is 13.8 Å². The molecule has 0 atom stereocenters. The molecule has 0 aromatic rings. The van der Waals surface area contributed by atoms with Crippen molar-refractivity contribution in [2.24, 2.45) is 0 Å². The van der Waals surface area contributed by atoms with Gasteiger partial charge in [-0.2, -0.15) is 13.5 Å². The zero-order chi connectivity index (χ0) is 10.9. The van der Waals surface area contributed by atoms with Crippen molar-refractivity contribution < 1.29 is 22.0 Å². The lowest BCUT2D eigenvalue weighted by atomic mass is 10.8. The molecule has 7 heteroatoms. The number of hydroxylamine groups is 2. The van der Waals surface area contributed by atoms with Crippen LogP contribution >= 0.6 is 0 Å². The van der Waals surface area contributed by atoms with Gasteiger partial charge in [-0.1, -0.05) is 6.92 Å². The zero-order valence-electron chi connectivity index (χ0n) is 8.35. The third-order valence-electron chi connectivity index (χ3n) is 1.01. The lowest BCUT2D eigenvalue weighted by Crippen LogP contribution is -2.17. The second-order valence-corrected chi connectivity index (χ2v) is 3.15. The maximum atomic E-state index is 9.33. The molecule has 0 aromatic carbocycles. The molecule has 0 aliphatic carbocycles. The van der Waals surface area contributed by atoms with E-state index in [2.05, 4.69) is 11.1 Å². The van der Waals surface area contributed by atoms with Crippen LogP contribution in [-0.4, -0.2) is 45.3 Å². The molecule has 0 fully saturated rings. The van der Waals surface area contributed by atoms with Gasteiger partial charge in [-0.25, -0.2) is 0 Å². The molecule has 0 aliphatic heterocycles. The van der Waals surface area contributed by atoms with Gasteiger partial charge in [0, 0.05) is 13.6 Å². The lowest BCUT2D eigenvalue weighted by molar-refractivity contribution is -0.130. The van der Waals surface area contributed by atoms with E-state index in [4.69, 9.17) is 9.39 Å². The highest BCUT2D eigenvalue weighted by molar-refractivity contribution is 7.80. The number of rotatable bonds is 4. The van der Waals surface area contributed by atoms with E-state index in [1.807, 2.05) is 14.0 Å². The molecule has 0 heterocycles. The molecule has 0 bridgehead atoms. The smallest absolute Gasteiger partial charge is 0.300 e. The van der Waals surface area contributed by atoms with Crippen LogP contribution in [0.4, 0.5) is 0 Å². The van der Waals surface area contributed by atoms with E-state index in [1.165, 1.54) is 0 Å². The molecule has 0 aliphatic rings.